The molecule has 1 rings (SSSR count). The third-order valence-corrected chi connectivity index (χ3v) is 2.82. The van der Waals surface area contributed by atoms with E-state index in [1.165, 1.54) is 18.2 Å². The second kappa shape index (κ2) is 6.49. The van der Waals surface area contributed by atoms with Gasteiger partial charge in [0.15, 0.2) is 0 Å². The Hall–Kier alpha value is -1.43. The smallest absolute Gasteiger partial charge is 0.325 e. The molecule has 98 valence electrons. The Morgan fingerprint density at radius 2 is 2.17 bits per heavy atom. The van der Waals surface area contributed by atoms with Crippen LogP contribution >= 0.6 is 15.9 Å². The molecule has 0 spiro atoms. The second-order valence-electron chi connectivity index (χ2n) is 3.97. The fraction of sp³-hybridized carbons (Fsp3) is 0.417. The summed E-state index contributed by atoms with van der Waals surface area (Å²) in [5.41, 5.74) is 0.481. The highest BCUT2D eigenvalue weighted by atomic mass is 79.9. The SMILES string of the molecule is COC(=O)CN(C(=O)c1ccnc(Br)c1)C(C)C. The van der Waals surface area contributed by atoms with Crippen molar-refractivity contribution in [1.29, 1.82) is 0 Å². The lowest BCUT2D eigenvalue weighted by Crippen LogP contribution is -2.41. The van der Waals surface area contributed by atoms with Gasteiger partial charge in [-0.15, -0.1) is 0 Å². The van der Waals surface area contributed by atoms with E-state index >= 15 is 0 Å². The molecule has 5 nitrogen and oxygen atoms in total. The summed E-state index contributed by atoms with van der Waals surface area (Å²) < 4.78 is 5.17. The molecule has 0 aromatic carbocycles. The first-order valence-corrected chi connectivity index (χ1v) is 6.24. The zero-order chi connectivity index (χ0) is 13.7. The Labute approximate surface area is 114 Å². The van der Waals surface area contributed by atoms with Gasteiger partial charge in [-0.25, -0.2) is 4.98 Å². The van der Waals surface area contributed by atoms with E-state index in [0.29, 0.717) is 10.2 Å². The number of nitrogens with zero attached hydrogens (tertiary/aromatic N) is 2. The maximum Gasteiger partial charge on any atom is 0.325 e. The van der Waals surface area contributed by atoms with E-state index in [4.69, 9.17) is 0 Å². The van der Waals surface area contributed by atoms with Gasteiger partial charge in [0, 0.05) is 17.8 Å². The van der Waals surface area contributed by atoms with Crippen molar-refractivity contribution in [2.45, 2.75) is 19.9 Å². The quantitative estimate of drug-likeness (QED) is 0.629. The standard InChI is InChI=1S/C12H15BrN2O3/c1-8(2)15(7-11(16)18-3)12(17)9-4-5-14-10(13)6-9/h4-6,8H,7H2,1-3H3. The van der Waals surface area contributed by atoms with Crippen LogP contribution in [0.25, 0.3) is 0 Å². The average Bonchev–Trinajstić information content (AvgIpc) is 2.34. The summed E-state index contributed by atoms with van der Waals surface area (Å²) in [4.78, 5) is 29.0. The number of hydrogen-bond acceptors (Lipinski definition) is 4. The molecule has 0 N–H and O–H groups in total. The average molecular weight is 315 g/mol. The van der Waals surface area contributed by atoms with Gasteiger partial charge in [0.2, 0.25) is 0 Å². The van der Waals surface area contributed by atoms with Gasteiger partial charge in [-0.05, 0) is 41.9 Å². The van der Waals surface area contributed by atoms with Crippen molar-refractivity contribution in [3.05, 3.63) is 28.5 Å². The van der Waals surface area contributed by atoms with E-state index in [-0.39, 0.29) is 18.5 Å². The van der Waals surface area contributed by atoms with Gasteiger partial charge in [0.05, 0.1) is 7.11 Å². The van der Waals surface area contributed by atoms with E-state index in [2.05, 4.69) is 25.7 Å². The molecule has 18 heavy (non-hydrogen) atoms. The number of carbonyl (C=O) groups is 2. The molecule has 0 unspecified atom stereocenters. The number of methoxy groups -OCH3 is 1. The Morgan fingerprint density at radius 1 is 1.50 bits per heavy atom. The molecule has 1 amide bonds. The number of carbonyl (C=O) groups excluding carboxylic acids is 2. The van der Waals surface area contributed by atoms with Gasteiger partial charge in [0.25, 0.3) is 5.91 Å². The van der Waals surface area contributed by atoms with Crippen LogP contribution in [0.3, 0.4) is 0 Å². The van der Waals surface area contributed by atoms with Crippen molar-refractivity contribution in [2.24, 2.45) is 0 Å². The zero-order valence-electron chi connectivity index (χ0n) is 10.5. The lowest BCUT2D eigenvalue weighted by Gasteiger charge is -2.25. The third-order valence-electron chi connectivity index (χ3n) is 2.38. The maximum absolute atomic E-state index is 12.3. The summed E-state index contributed by atoms with van der Waals surface area (Å²) in [5.74, 6) is -0.663. The Kier molecular flexibility index (Phi) is 5.27. The number of esters is 1. The normalized spacial score (nSPS) is 10.3. The van der Waals surface area contributed by atoms with Crippen molar-refractivity contribution in [3.8, 4) is 0 Å². The summed E-state index contributed by atoms with van der Waals surface area (Å²) in [5, 5.41) is 0. The van der Waals surface area contributed by atoms with Gasteiger partial charge in [-0.1, -0.05) is 0 Å². The molecule has 0 fully saturated rings. The van der Waals surface area contributed by atoms with Crippen LogP contribution in [0.15, 0.2) is 22.9 Å². The summed E-state index contributed by atoms with van der Waals surface area (Å²) in [6.07, 6.45) is 1.54. The molecule has 1 aromatic rings. The number of hydrogen-bond donors (Lipinski definition) is 0. The number of rotatable bonds is 4. The van der Waals surface area contributed by atoms with Crippen molar-refractivity contribution in [1.82, 2.24) is 9.88 Å². The van der Waals surface area contributed by atoms with Crippen LogP contribution in [-0.2, 0) is 9.53 Å². The highest BCUT2D eigenvalue weighted by Gasteiger charge is 2.22. The Bertz CT molecular complexity index is 449. The van der Waals surface area contributed by atoms with Crippen LogP contribution < -0.4 is 0 Å². The maximum atomic E-state index is 12.3. The summed E-state index contributed by atoms with van der Waals surface area (Å²) >= 11 is 3.21. The topological polar surface area (TPSA) is 59.5 Å². The highest BCUT2D eigenvalue weighted by molar-refractivity contribution is 9.10. The third kappa shape index (κ3) is 3.80. The molecule has 0 bridgehead atoms. The first-order valence-electron chi connectivity index (χ1n) is 5.45. The number of aromatic nitrogens is 1. The van der Waals surface area contributed by atoms with Crippen LogP contribution in [0.1, 0.15) is 24.2 Å². The Morgan fingerprint density at radius 3 is 2.67 bits per heavy atom. The van der Waals surface area contributed by atoms with E-state index in [1.807, 2.05) is 13.8 Å². The van der Waals surface area contributed by atoms with Crippen molar-refractivity contribution < 1.29 is 14.3 Å². The monoisotopic (exact) mass is 314 g/mol. The number of ether oxygens (including phenoxy) is 1. The minimum atomic E-state index is -0.440. The molecule has 0 aliphatic carbocycles. The minimum Gasteiger partial charge on any atom is -0.468 e. The largest absolute Gasteiger partial charge is 0.468 e. The van der Waals surface area contributed by atoms with Crippen molar-refractivity contribution in [3.63, 3.8) is 0 Å². The lowest BCUT2D eigenvalue weighted by atomic mass is 10.2. The van der Waals surface area contributed by atoms with Crippen LogP contribution in [-0.4, -0.2) is 41.5 Å². The molecule has 0 saturated carbocycles. The second-order valence-corrected chi connectivity index (χ2v) is 4.78. The van der Waals surface area contributed by atoms with Crippen molar-refractivity contribution >= 4 is 27.8 Å². The minimum absolute atomic E-state index is 0.0626. The molecule has 0 aliphatic rings. The van der Waals surface area contributed by atoms with Gasteiger partial charge < -0.3 is 9.64 Å². The van der Waals surface area contributed by atoms with Gasteiger partial charge >= 0.3 is 5.97 Å². The number of halogens is 1. The molecule has 0 atom stereocenters. The van der Waals surface area contributed by atoms with Crippen LogP contribution in [0.4, 0.5) is 0 Å². The predicted molar refractivity (Wildman–Crippen MR) is 70.1 cm³/mol. The molecule has 0 saturated heterocycles. The van der Waals surface area contributed by atoms with Crippen molar-refractivity contribution in [2.75, 3.05) is 13.7 Å². The fourth-order valence-corrected chi connectivity index (χ4v) is 1.76. The number of amides is 1. The molecule has 1 heterocycles. The number of pyridine rings is 1. The van der Waals surface area contributed by atoms with Crippen LogP contribution in [0, 0.1) is 0 Å². The van der Waals surface area contributed by atoms with Gasteiger partial charge in [0.1, 0.15) is 11.1 Å². The van der Waals surface area contributed by atoms with E-state index in [9.17, 15) is 9.59 Å². The summed E-state index contributed by atoms with van der Waals surface area (Å²) in [7, 11) is 1.30. The molecule has 0 radical (unpaired) electrons. The zero-order valence-corrected chi connectivity index (χ0v) is 12.1. The van der Waals surface area contributed by atoms with E-state index in [1.54, 1.807) is 12.1 Å². The molecule has 1 aromatic heterocycles. The predicted octanol–water partition coefficient (Wildman–Crippen LogP) is 1.87. The van der Waals surface area contributed by atoms with Crippen LogP contribution in [0.5, 0.6) is 0 Å². The van der Waals surface area contributed by atoms with Gasteiger partial charge in [-0.2, -0.15) is 0 Å². The summed E-state index contributed by atoms with van der Waals surface area (Å²) in [6.45, 7) is 3.63. The van der Waals surface area contributed by atoms with Gasteiger partial charge in [-0.3, -0.25) is 9.59 Å². The van der Waals surface area contributed by atoms with E-state index in [0.717, 1.165) is 0 Å². The molecular formula is C12H15BrN2O3. The Balaban J connectivity index is 2.93. The summed E-state index contributed by atoms with van der Waals surface area (Å²) in [6, 6.07) is 3.14. The first-order chi connectivity index (χ1) is 8.45. The lowest BCUT2D eigenvalue weighted by molar-refractivity contribution is -0.141. The van der Waals surface area contributed by atoms with E-state index < -0.39 is 5.97 Å². The molecular weight excluding hydrogens is 300 g/mol. The fourth-order valence-electron chi connectivity index (χ4n) is 1.39. The first kappa shape index (κ1) is 14.6. The highest BCUT2D eigenvalue weighted by Crippen LogP contribution is 2.12. The molecule has 6 heteroatoms. The molecule has 0 aliphatic heterocycles. The van der Waals surface area contributed by atoms with Crippen LogP contribution in [0.2, 0.25) is 0 Å².